The molecular weight excluding hydrogens is 628 g/mol. The molecule has 0 spiro atoms. The normalized spacial score (nSPS) is 25.5. The molecule has 0 unspecified atom stereocenters. The van der Waals surface area contributed by atoms with Crippen LogP contribution in [0.25, 0.3) is 22.1 Å². The van der Waals surface area contributed by atoms with Gasteiger partial charge >= 0.3 is 0 Å². The van der Waals surface area contributed by atoms with Crippen LogP contribution in [0.2, 0.25) is 0 Å². The number of fused-ring (bicyclic) bond motifs is 2. The van der Waals surface area contributed by atoms with Crippen LogP contribution in [0.15, 0.2) is 48.5 Å². The Morgan fingerprint density at radius 2 is 1.04 bits per heavy atom. The summed E-state index contributed by atoms with van der Waals surface area (Å²) < 4.78 is 48.6. The number of para-hydroxylation sites is 2. The molecule has 16 nitrogen and oxygen atoms in total. The molecule has 0 N–H and O–H groups in total. The minimum absolute atomic E-state index is 0.400. The summed E-state index contributed by atoms with van der Waals surface area (Å²) in [6.45, 7) is 11.6. The van der Waals surface area contributed by atoms with Crippen molar-refractivity contribution in [1.29, 1.82) is 0 Å². The fourth-order valence-corrected chi connectivity index (χ4v) is 6.05. The number of carbonyl (C=O) groups is 2. The Labute approximate surface area is 277 Å². The smallest absolute Gasteiger partial charge is 0.293 e. The lowest BCUT2D eigenvalue weighted by molar-refractivity contribution is -0.172. The van der Waals surface area contributed by atoms with E-state index < -0.39 is 60.7 Å². The molecule has 0 saturated carbocycles. The van der Waals surface area contributed by atoms with E-state index in [4.69, 9.17) is 37.9 Å². The van der Waals surface area contributed by atoms with E-state index in [9.17, 15) is 9.59 Å². The molecule has 6 rings (SSSR count). The highest BCUT2D eigenvalue weighted by Gasteiger charge is 2.50. The number of methoxy groups -OCH3 is 2. The zero-order chi connectivity index (χ0) is 34.6. The molecule has 2 aliphatic heterocycles. The molecule has 0 bridgehead atoms. The average Bonchev–Trinajstić information content (AvgIpc) is 3.81. The molecule has 8 atom stereocenters. The molecule has 0 aliphatic carbocycles. The zero-order valence-corrected chi connectivity index (χ0v) is 28.2. The van der Waals surface area contributed by atoms with E-state index in [0.717, 1.165) is 22.1 Å². The van der Waals surface area contributed by atoms with Crippen molar-refractivity contribution in [2.45, 2.75) is 102 Å². The van der Waals surface area contributed by atoms with Gasteiger partial charge in [-0.1, -0.05) is 34.7 Å². The van der Waals surface area contributed by atoms with Gasteiger partial charge in [0.15, 0.2) is 24.0 Å². The third-order valence-electron chi connectivity index (χ3n) is 8.11. The Kier molecular flexibility index (Phi) is 10.7. The lowest BCUT2D eigenvalue weighted by Gasteiger charge is -2.28. The Bertz CT molecular complexity index is 1560. The molecule has 2 aliphatic rings. The number of rotatable bonds is 12. The summed E-state index contributed by atoms with van der Waals surface area (Å²) >= 11 is 0. The molecule has 4 aromatic rings. The second kappa shape index (κ2) is 14.6. The first-order valence-electron chi connectivity index (χ1n) is 15.5. The monoisotopic (exact) mass is 670 g/mol. The van der Waals surface area contributed by atoms with Gasteiger partial charge in [-0.25, -0.2) is 9.36 Å². The average molecular weight is 671 g/mol. The Hall–Kier alpha value is -4.06. The van der Waals surface area contributed by atoms with Crippen molar-refractivity contribution in [3.8, 4) is 0 Å². The van der Waals surface area contributed by atoms with Crippen LogP contribution >= 0.6 is 0 Å². The molecule has 2 aromatic carbocycles. The number of nitrogens with zero attached hydrogens (tertiary/aromatic N) is 6. The quantitative estimate of drug-likeness (QED) is 0.201. The minimum Gasteiger partial charge on any atom is -0.462 e. The SMILES string of the molecule is CO[C@H]([C@H]1OC(C)(C)O[C@@H]1n1nnc2ccccc21)[C@H](C)OC=O.CO[C@H]([C@H]1OC(C)(C)O[C@@H]1n1nnc2ccccc21)[C@H](C)OC=O. The van der Waals surface area contributed by atoms with Crippen LogP contribution in [0.3, 0.4) is 0 Å². The molecule has 2 fully saturated rings. The van der Waals surface area contributed by atoms with Crippen LogP contribution in [0.1, 0.15) is 54.0 Å². The second-order valence-electron chi connectivity index (χ2n) is 12.3. The number of hydrogen-bond acceptors (Lipinski definition) is 14. The molecular formula is C32H42N6O10. The maximum absolute atomic E-state index is 10.7. The number of aromatic nitrogens is 6. The molecule has 2 saturated heterocycles. The highest BCUT2D eigenvalue weighted by Crippen LogP contribution is 2.40. The van der Waals surface area contributed by atoms with Crippen molar-refractivity contribution in [2.24, 2.45) is 0 Å². The van der Waals surface area contributed by atoms with E-state index in [1.807, 2.05) is 76.2 Å². The lowest BCUT2D eigenvalue weighted by Crippen LogP contribution is -2.43. The molecule has 48 heavy (non-hydrogen) atoms. The third-order valence-corrected chi connectivity index (χ3v) is 8.11. The summed E-state index contributed by atoms with van der Waals surface area (Å²) in [7, 11) is 3.08. The van der Waals surface area contributed by atoms with Crippen LogP contribution in [0.4, 0.5) is 0 Å². The first-order chi connectivity index (χ1) is 22.9. The molecule has 2 aromatic heterocycles. The standard InChI is InChI=1S/2C16H21N3O5/c2*1-10(22-9-20)13(21-4)14-15(24-16(2,3)23-14)19-12-8-6-5-7-11(12)17-18-19/h2*5-10,13-15H,1-4H3/t2*10-,13-,14+,15-/m00/s1. The lowest BCUT2D eigenvalue weighted by atomic mass is 10.1. The maximum Gasteiger partial charge on any atom is 0.293 e. The Morgan fingerprint density at radius 3 is 1.40 bits per heavy atom. The van der Waals surface area contributed by atoms with E-state index >= 15 is 0 Å². The van der Waals surface area contributed by atoms with Gasteiger partial charge in [-0.15, -0.1) is 10.2 Å². The fraction of sp³-hybridized carbons (Fsp3) is 0.562. The van der Waals surface area contributed by atoms with Gasteiger partial charge in [0.05, 0.1) is 11.0 Å². The van der Waals surface area contributed by atoms with Crippen LogP contribution in [-0.2, 0) is 47.5 Å². The van der Waals surface area contributed by atoms with E-state index in [2.05, 4.69) is 20.6 Å². The van der Waals surface area contributed by atoms with Crippen LogP contribution in [0, 0.1) is 0 Å². The summed E-state index contributed by atoms with van der Waals surface area (Å²) in [4.78, 5) is 21.4. The largest absolute Gasteiger partial charge is 0.462 e. The van der Waals surface area contributed by atoms with Gasteiger partial charge in [-0.05, 0) is 65.8 Å². The first kappa shape index (κ1) is 35.3. The van der Waals surface area contributed by atoms with Crippen molar-refractivity contribution < 1.29 is 47.5 Å². The predicted octanol–water partition coefficient (Wildman–Crippen LogP) is 3.32. The van der Waals surface area contributed by atoms with Crippen molar-refractivity contribution in [3.63, 3.8) is 0 Å². The van der Waals surface area contributed by atoms with Crippen LogP contribution in [0.5, 0.6) is 0 Å². The van der Waals surface area contributed by atoms with Gasteiger partial charge < -0.3 is 37.9 Å². The molecule has 260 valence electrons. The van der Waals surface area contributed by atoms with Gasteiger partial charge in [-0.3, -0.25) is 9.59 Å². The zero-order valence-electron chi connectivity index (χ0n) is 28.2. The van der Waals surface area contributed by atoms with Gasteiger partial charge in [0.1, 0.15) is 47.7 Å². The first-order valence-corrected chi connectivity index (χ1v) is 15.5. The highest BCUT2D eigenvalue weighted by molar-refractivity contribution is 5.74. The molecule has 4 heterocycles. The minimum atomic E-state index is -0.833. The second-order valence-corrected chi connectivity index (χ2v) is 12.3. The van der Waals surface area contributed by atoms with Crippen molar-refractivity contribution in [1.82, 2.24) is 30.0 Å². The van der Waals surface area contributed by atoms with Crippen molar-refractivity contribution >= 4 is 35.0 Å². The molecule has 0 amide bonds. The Morgan fingerprint density at radius 1 is 0.667 bits per heavy atom. The van der Waals surface area contributed by atoms with Gasteiger partial charge in [-0.2, -0.15) is 0 Å². The maximum atomic E-state index is 10.7. The van der Waals surface area contributed by atoms with E-state index in [1.165, 1.54) is 0 Å². The van der Waals surface area contributed by atoms with Crippen molar-refractivity contribution in [3.05, 3.63) is 48.5 Å². The van der Waals surface area contributed by atoms with Gasteiger partial charge in [0, 0.05) is 14.2 Å². The van der Waals surface area contributed by atoms with E-state index in [-0.39, 0.29) is 0 Å². The highest BCUT2D eigenvalue weighted by atomic mass is 16.8. The summed E-state index contributed by atoms with van der Waals surface area (Å²) in [6.07, 6.45) is -4.23. The summed E-state index contributed by atoms with van der Waals surface area (Å²) in [5, 5.41) is 16.7. The molecule has 0 radical (unpaired) electrons. The summed E-state index contributed by atoms with van der Waals surface area (Å²) in [5.41, 5.74) is 3.17. The molecule has 16 heteroatoms. The number of benzene rings is 2. The fourth-order valence-electron chi connectivity index (χ4n) is 6.05. The Balaban J connectivity index is 0.000000188. The summed E-state index contributed by atoms with van der Waals surface area (Å²) in [5.74, 6) is -1.67. The van der Waals surface area contributed by atoms with E-state index in [1.54, 1.807) is 37.4 Å². The number of carbonyl (C=O) groups excluding carboxylic acids is 2. The van der Waals surface area contributed by atoms with Crippen molar-refractivity contribution in [2.75, 3.05) is 14.2 Å². The van der Waals surface area contributed by atoms with Gasteiger partial charge in [0.2, 0.25) is 0 Å². The third kappa shape index (κ3) is 7.33. The summed E-state index contributed by atoms with van der Waals surface area (Å²) in [6, 6.07) is 15.2. The number of ether oxygens (including phenoxy) is 8. The van der Waals surface area contributed by atoms with Crippen LogP contribution < -0.4 is 0 Å². The van der Waals surface area contributed by atoms with Crippen LogP contribution in [-0.4, -0.2) is 105 Å². The van der Waals surface area contributed by atoms with Gasteiger partial charge in [0.25, 0.3) is 12.9 Å². The number of hydrogen-bond donors (Lipinski definition) is 0. The predicted molar refractivity (Wildman–Crippen MR) is 168 cm³/mol. The topological polar surface area (TPSA) is 169 Å². The van der Waals surface area contributed by atoms with E-state index in [0.29, 0.717) is 12.9 Å².